The van der Waals surface area contributed by atoms with Crippen molar-refractivity contribution in [3.05, 3.63) is 88.5 Å². The average molecular weight is 947 g/mol. The second kappa shape index (κ2) is 17.4. The zero-order valence-corrected chi connectivity index (χ0v) is 39.2. The Balaban J connectivity index is 1.23. The van der Waals surface area contributed by atoms with Crippen molar-refractivity contribution >= 4 is 28.5 Å². The number of carbonyl (C=O) groups is 1. The summed E-state index contributed by atoms with van der Waals surface area (Å²) in [6.45, 7) is 10.1. The first-order valence-electron chi connectivity index (χ1n) is 22.8. The molecule has 1 aliphatic carbocycles. The quantitative estimate of drug-likeness (QED) is 0.120. The summed E-state index contributed by atoms with van der Waals surface area (Å²) < 4.78 is 111. The second-order valence-electron chi connectivity index (χ2n) is 19.4. The Morgan fingerprint density at radius 3 is 2.10 bits per heavy atom. The summed E-state index contributed by atoms with van der Waals surface area (Å²) in [7, 11) is 3.04. The molecular weight excluding hydrogens is 892 g/mol. The normalized spacial score (nSPS) is 20.9. The number of rotatable bonds is 12. The third kappa shape index (κ3) is 8.64. The summed E-state index contributed by atoms with van der Waals surface area (Å²) in [5.74, 6) is -1.32. The summed E-state index contributed by atoms with van der Waals surface area (Å²) in [6.07, 6.45) is -4.66. The average Bonchev–Trinajstić information content (AvgIpc) is 4.04. The fourth-order valence-electron chi connectivity index (χ4n) is 10.0. The summed E-state index contributed by atoms with van der Waals surface area (Å²) in [5.41, 5.74) is -4.35. The maximum Gasteiger partial charge on any atom is 0.417 e. The zero-order valence-electron chi connectivity index (χ0n) is 39.2. The van der Waals surface area contributed by atoms with Gasteiger partial charge in [-0.25, -0.2) is 18.6 Å². The Morgan fingerprint density at radius 1 is 0.941 bits per heavy atom. The van der Waals surface area contributed by atoms with E-state index in [-0.39, 0.29) is 61.1 Å². The summed E-state index contributed by atoms with van der Waals surface area (Å²) >= 11 is 0. The molecule has 13 nitrogen and oxygen atoms in total. The predicted molar refractivity (Wildman–Crippen MR) is 243 cm³/mol. The molecule has 0 spiro atoms. The number of pyridine rings is 1. The van der Waals surface area contributed by atoms with Crippen molar-refractivity contribution in [2.24, 2.45) is 5.41 Å². The van der Waals surface area contributed by atoms with E-state index in [1.165, 1.54) is 14.2 Å². The van der Waals surface area contributed by atoms with Crippen LogP contribution in [-0.2, 0) is 24.0 Å². The second-order valence-corrected chi connectivity index (χ2v) is 19.4. The number of hydrogen-bond donors (Lipinski definition) is 1. The van der Waals surface area contributed by atoms with Gasteiger partial charge >= 0.3 is 18.3 Å². The molecule has 5 heterocycles. The molecular formula is C50H55F5N6O7. The van der Waals surface area contributed by atoms with Crippen LogP contribution in [-0.4, -0.2) is 94.4 Å². The van der Waals surface area contributed by atoms with E-state index in [0.717, 1.165) is 13.0 Å². The molecule has 3 aromatic carbocycles. The summed E-state index contributed by atoms with van der Waals surface area (Å²) in [4.78, 5) is 32.9. The van der Waals surface area contributed by atoms with Crippen LogP contribution in [0.1, 0.15) is 82.6 Å². The third-order valence-corrected chi connectivity index (χ3v) is 13.8. The molecule has 3 fully saturated rings. The number of aromatic nitrogens is 3. The smallest absolute Gasteiger partial charge is 0.417 e. The van der Waals surface area contributed by atoms with Crippen molar-refractivity contribution in [1.82, 2.24) is 19.9 Å². The number of ether oxygens (including phenoxy) is 5. The Bertz CT molecular complexity index is 2680. The van der Waals surface area contributed by atoms with E-state index in [4.69, 9.17) is 28.7 Å². The highest BCUT2D eigenvalue weighted by Gasteiger charge is 2.54. The third-order valence-electron chi connectivity index (χ3n) is 13.8. The van der Waals surface area contributed by atoms with Gasteiger partial charge in [-0.15, -0.1) is 0 Å². The molecule has 5 atom stereocenters. The highest BCUT2D eigenvalue weighted by molar-refractivity contribution is 5.98. The molecule has 5 aromatic rings. The molecule has 362 valence electrons. The van der Waals surface area contributed by atoms with Crippen molar-refractivity contribution in [3.8, 4) is 34.6 Å². The number of methoxy groups -OCH3 is 2. The summed E-state index contributed by atoms with van der Waals surface area (Å²) in [6, 6.07) is 13.3. The first kappa shape index (κ1) is 46.9. The van der Waals surface area contributed by atoms with Gasteiger partial charge in [0.25, 0.3) is 0 Å². The predicted octanol–water partition coefficient (Wildman–Crippen LogP) is 9.80. The zero-order chi connectivity index (χ0) is 48.6. The number of piperazine rings is 1. The monoisotopic (exact) mass is 946 g/mol. The van der Waals surface area contributed by atoms with Crippen LogP contribution < -0.4 is 28.7 Å². The molecule has 0 radical (unpaired) electrons. The van der Waals surface area contributed by atoms with Gasteiger partial charge in [-0.05, 0) is 114 Å². The van der Waals surface area contributed by atoms with Crippen molar-refractivity contribution < 1.29 is 55.5 Å². The SMILES string of the molecule is COc1ccc(CN(Cc2ccc(OC)cc2)c2cc(-c3nc4c5c(nc(OCC6(C(C)O)CC6)nc5c3F)N3C[C@H]5CC[C@@H]([C@H]3[C@H](C)O4)N5C(=O)OC(C)(C)C)c(C(F)(F)F)c(C)c2F)cc1. The minimum Gasteiger partial charge on any atom is -0.497 e. The lowest BCUT2D eigenvalue weighted by Gasteiger charge is -2.48. The number of amides is 1. The molecule has 18 heteroatoms. The first-order valence-corrected chi connectivity index (χ1v) is 22.8. The number of fused-ring (bicyclic) bond motifs is 5. The Kier molecular flexibility index (Phi) is 12.0. The van der Waals surface area contributed by atoms with Crippen LogP contribution in [0, 0.1) is 24.0 Å². The Labute approximate surface area is 391 Å². The van der Waals surface area contributed by atoms with E-state index in [1.807, 2.05) is 4.90 Å². The van der Waals surface area contributed by atoms with Gasteiger partial charge in [0.1, 0.15) is 51.4 Å². The fourth-order valence-corrected chi connectivity index (χ4v) is 10.0. The lowest BCUT2D eigenvalue weighted by molar-refractivity contribution is -0.137. The number of aliphatic hydroxyl groups excluding tert-OH is 1. The number of carbonyl (C=O) groups excluding carboxylic acids is 1. The lowest BCUT2D eigenvalue weighted by Crippen LogP contribution is -2.65. The standard InChI is InChI=1S/C50H55F5N6O7/c1-26-38(50(53,54)55)34(21-36(39(26)51)59(22-29-9-14-32(64-7)15-10-29)23-30-11-16-33(65-8)17-12-30)41-40(52)42-37-44(58-46(57-42)66-25-49(19-20-49)28(3)62)60-24-31-13-18-35(43(60)27(2)67-45(37)56-41)61(31)47(63)68-48(4,5)6/h9-12,14-17,21,27-28,31,35,43,62H,13,18-20,22-25H2,1-8H3/t27-,28?,31+,35-,43+/m0/s1. The first-order chi connectivity index (χ1) is 32.2. The van der Waals surface area contributed by atoms with E-state index < -0.39 is 87.1 Å². The van der Waals surface area contributed by atoms with Crippen LogP contribution in [0.25, 0.3) is 22.2 Å². The van der Waals surface area contributed by atoms with Crippen LogP contribution in [0.5, 0.6) is 23.4 Å². The van der Waals surface area contributed by atoms with E-state index in [1.54, 1.807) is 92.9 Å². The van der Waals surface area contributed by atoms with Gasteiger partial charge < -0.3 is 38.6 Å². The number of alkyl halides is 3. The molecule has 4 aliphatic rings. The van der Waals surface area contributed by atoms with E-state index in [2.05, 4.69) is 9.97 Å². The highest BCUT2D eigenvalue weighted by Crippen LogP contribution is 2.51. The molecule has 2 aromatic heterocycles. The van der Waals surface area contributed by atoms with Gasteiger partial charge in [-0.3, -0.25) is 4.90 Å². The van der Waals surface area contributed by atoms with E-state index >= 15 is 22.0 Å². The largest absolute Gasteiger partial charge is 0.497 e. The molecule has 1 amide bonds. The van der Waals surface area contributed by atoms with Crippen LogP contribution in [0.3, 0.4) is 0 Å². The Morgan fingerprint density at radius 2 is 1.56 bits per heavy atom. The van der Waals surface area contributed by atoms with Crippen molar-refractivity contribution in [3.63, 3.8) is 0 Å². The van der Waals surface area contributed by atoms with Crippen LogP contribution in [0.2, 0.25) is 0 Å². The van der Waals surface area contributed by atoms with Gasteiger partial charge in [0.05, 0.1) is 56.3 Å². The molecule has 9 rings (SSSR count). The number of anilines is 2. The van der Waals surface area contributed by atoms with Crippen molar-refractivity contribution in [2.45, 2.75) is 122 Å². The molecule has 2 saturated heterocycles. The lowest BCUT2D eigenvalue weighted by atomic mass is 9.95. The number of benzene rings is 3. The van der Waals surface area contributed by atoms with E-state index in [9.17, 15) is 9.90 Å². The maximum atomic E-state index is 17.9. The molecule has 2 bridgehead atoms. The molecule has 68 heavy (non-hydrogen) atoms. The molecule has 1 saturated carbocycles. The number of hydrogen-bond acceptors (Lipinski definition) is 12. The van der Waals surface area contributed by atoms with Gasteiger partial charge in [-0.1, -0.05) is 24.3 Å². The van der Waals surface area contributed by atoms with Gasteiger partial charge in [0.15, 0.2) is 5.82 Å². The topological polar surface area (TPSA) is 132 Å². The van der Waals surface area contributed by atoms with Gasteiger partial charge in [0, 0.05) is 30.6 Å². The minimum atomic E-state index is -5.18. The number of halogens is 5. The van der Waals surface area contributed by atoms with Gasteiger partial charge in [-0.2, -0.15) is 23.1 Å². The van der Waals surface area contributed by atoms with Crippen LogP contribution in [0.4, 0.5) is 38.3 Å². The van der Waals surface area contributed by atoms with Crippen LogP contribution in [0.15, 0.2) is 54.6 Å². The van der Waals surface area contributed by atoms with Crippen LogP contribution >= 0.6 is 0 Å². The van der Waals surface area contributed by atoms with Crippen molar-refractivity contribution in [2.75, 3.05) is 37.2 Å². The van der Waals surface area contributed by atoms with E-state index in [0.29, 0.717) is 48.3 Å². The molecule has 3 aliphatic heterocycles. The van der Waals surface area contributed by atoms with Crippen molar-refractivity contribution in [1.29, 1.82) is 0 Å². The van der Waals surface area contributed by atoms with Gasteiger partial charge in [0.2, 0.25) is 5.88 Å². The maximum absolute atomic E-state index is 17.9. The minimum absolute atomic E-state index is 0.00276. The number of aliphatic hydroxyl groups is 1. The Hall–Kier alpha value is -6.17. The fraction of sp³-hybridized carbons (Fsp3) is 0.480. The molecule has 1 unspecified atom stereocenters. The highest BCUT2D eigenvalue weighted by atomic mass is 19.4. The molecule has 1 N–H and O–H groups in total. The summed E-state index contributed by atoms with van der Waals surface area (Å²) in [5, 5.41) is 10.6. The number of nitrogens with zero attached hydrogens (tertiary/aromatic N) is 6.